The Morgan fingerprint density at radius 2 is 2.00 bits per heavy atom. The summed E-state index contributed by atoms with van der Waals surface area (Å²) in [5.74, 6) is 0.0805. The largest absolute Gasteiger partial charge is 0.481 e. The van der Waals surface area contributed by atoms with Crippen molar-refractivity contribution in [2.75, 3.05) is 0 Å². The van der Waals surface area contributed by atoms with Gasteiger partial charge in [0.2, 0.25) is 0 Å². The highest BCUT2D eigenvalue weighted by Crippen LogP contribution is 2.23. The van der Waals surface area contributed by atoms with Crippen molar-refractivity contribution in [3.8, 4) is 0 Å². The molecule has 3 nitrogen and oxygen atoms in total. The van der Waals surface area contributed by atoms with Gasteiger partial charge in [0.25, 0.3) is 0 Å². The highest BCUT2D eigenvalue weighted by molar-refractivity contribution is 5.83. The number of carbonyl (C=O) groups is 1. The summed E-state index contributed by atoms with van der Waals surface area (Å²) in [7, 11) is 0. The first-order valence-electron chi connectivity index (χ1n) is 7.26. The molecule has 20 heavy (non-hydrogen) atoms. The highest BCUT2D eigenvalue weighted by atomic mass is 16.4. The van der Waals surface area contributed by atoms with Crippen LogP contribution in [-0.4, -0.2) is 16.1 Å². The maximum absolute atomic E-state index is 10.7. The van der Waals surface area contributed by atoms with E-state index >= 15 is 0 Å². The number of rotatable bonds is 6. The smallest absolute Gasteiger partial charge is 0.303 e. The molecule has 108 valence electrons. The molecule has 2 rings (SSSR count). The predicted octanol–water partition coefficient (Wildman–Crippen LogP) is 4.02. The Hall–Kier alpha value is -1.77. The van der Waals surface area contributed by atoms with E-state index in [2.05, 4.69) is 43.2 Å². The number of aromatic amines is 1. The number of aromatic nitrogens is 1. The van der Waals surface area contributed by atoms with E-state index in [0.717, 1.165) is 18.4 Å². The molecule has 0 bridgehead atoms. The molecule has 0 spiro atoms. The summed E-state index contributed by atoms with van der Waals surface area (Å²) in [4.78, 5) is 14.0. The molecule has 0 aliphatic heterocycles. The van der Waals surface area contributed by atoms with Crippen LogP contribution >= 0.6 is 0 Å². The number of hydrogen-bond acceptors (Lipinski definition) is 1. The zero-order chi connectivity index (χ0) is 14.7. The fourth-order valence-corrected chi connectivity index (χ4v) is 2.74. The van der Waals surface area contributed by atoms with Gasteiger partial charge in [0.05, 0.1) is 0 Å². The standard InChI is InChI=1S/C17H23NO2/c1-11(2)6-14-10-18-16-9-13(4-5-15(14)16)7-12(3)8-17(19)20/h4-5,9-12,18H,6-8H2,1-3H3,(H,19,20). The lowest BCUT2D eigenvalue weighted by atomic mass is 9.96. The number of nitrogens with one attached hydrogen (secondary N) is 1. The van der Waals surface area contributed by atoms with Gasteiger partial charge in [-0.25, -0.2) is 0 Å². The Labute approximate surface area is 120 Å². The van der Waals surface area contributed by atoms with Crippen molar-refractivity contribution in [2.24, 2.45) is 11.8 Å². The fraction of sp³-hybridized carbons (Fsp3) is 0.471. The van der Waals surface area contributed by atoms with Crippen LogP contribution in [0.15, 0.2) is 24.4 Å². The van der Waals surface area contributed by atoms with Crippen LogP contribution in [0.3, 0.4) is 0 Å². The number of benzene rings is 1. The normalized spacial score (nSPS) is 13.0. The second-order valence-electron chi connectivity index (χ2n) is 6.20. The van der Waals surface area contributed by atoms with Gasteiger partial charge in [-0.3, -0.25) is 4.79 Å². The lowest BCUT2D eigenvalue weighted by Crippen LogP contribution is -2.06. The lowest BCUT2D eigenvalue weighted by Gasteiger charge is -2.09. The van der Waals surface area contributed by atoms with Crippen LogP contribution in [0.1, 0.15) is 38.3 Å². The maximum atomic E-state index is 10.7. The molecule has 2 N–H and O–H groups in total. The number of H-pyrrole nitrogens is 1. The minimum atomic E-state index is -0.724. The van der Waals surface area contributed by atoms with Crippen molar-refractivity contribution in [1.29, 1.82) is 0 Å². The number of carboxylic acids is 1. The minimum Gasteiger partial charge on any atom is -0.481 e. The Balaban J connectivity index is 2.16. The molecule has 0 saturated heterocycles. The third-order valence-electron chi connectivity index (χ3n) is 3.57. The van der Waals surface area contributed by atoms with Gasteiger partial charge in [-0.2, -0.15) is 0 Å². The molecule has 2 aromatic rings. The monoisotopic (exact) mass is 273 g/mol. The average Bonchev–Trinajstić information content (AvgIpc) is 2.70. The van der Waals surface area contributed by atoms with E-state index in [1.807, 2.05) is 6.92 Å². The molecule has 0 fully saturated rings. The van der Waals surface area contributed by atoms with Gasteiger partial charge in [-0.1, -0.05) is 32.9 Å². The predicted molar refractivity (Wildman–Crippen MR) is 82.0 cm³/mol. The lowest BCUT2D eigenvalue weighted by molar-refractivity contribution is -0.137. The van der Waals surface area contributed by atoms with E-state index in [1.165, 1.54) is 16.5 Å². The molecular weight excluding hydrogens is 250 g/mol. The number of carboxylic acid groups (broad SMARTS) is 1. The van der Waals surface area contributed by atoms with Crippen molar-refractivity contribution in [1.82, 2.24) is 4.98 Å². The van der Waals surface area contributed by atoms with E-state index < -0.39 is 5.97 Å². The van der Waals surface area contributed by atoms with E-state index in [-0.39, 0.29) is 12.3 Å². The molecule has 1 aromatic heterocycles. The van der Waals surface area contributed by atoms with Gasteiger partial charge in [0.1, 0.15) is 0 Å². The Morgan fingerprint density at radius 3 is 2.65 bits per heavy atom. The number of hydrogen-bond donors (Lipinski definition) is 2. The van der Waals surface area contributed by atoms with Crippen LogP contribution in [0.25, 0.3) is 10.9 Å². The summed E-state index contributed by atoms with van der Waals surface area (Å²) in [5.41, 5.74) is 3.71. The number of fused-ring (bicyclic) bond motifs is 1. The van der Waals surface area contributed by atoms with E-state index in [9.17, 15) is 4.79 Å². The zero-order valence-electron chi connectivity index (χ0n) is 12.4. The van der Waals surface area contributed by atoms with Gasteiger partial charge in [-0.05, 0) is 41.9 Å². The summed E-state index contributed by atoms with van der Waals surface area (Å²) in [6.45, 7) is 6.43. The van der Waals surface area contributed by atoms with Gasteiger partial charge in [-0.15, -0.1) is 0 Å². The maximum Gasteiger partial charge on any atom is 0.303 e. The molecule has 0 aliphatic rings. The van der Waals surface area contributed by atoms with Gasteiger partial charge in [0.15, 0.2) is 0 Å². The minimum absolute atomic E-state index is 0.162. The number of aliphatic carboxylic acids is 1. The van der Waals surface area contributed by atoms with E-state index in [1.54, 1.807) is 0 Å². The Morgan fingerprint density at radius 1 is 1.25 bits per heavy atom. The third-order valence-corrected chi connectivity index (χ3v) is 3.57. The summed E-state index contributed by atoms with van der Waals surface area (Å²) in [6.07, 6.45) is 4.20. The SMILES string of the molecule is CC(C)Cc1c[nH]c2cc(CC(C)CC(=O)O)ccc12. The van der Waals surface area contributed by atoms with Crippen molar-refractivity contribution in [2.45, 2.75) is 40.0 Å². The van der Waals surface area contributed by atoms with Crippen LogP contribution in [0.2, 0.25) is 0 Å². The molecule has 0 radical (unpaired) electrons. The van der Waals surface area contributed by atoms with Crippen LogP contribution in [0.4, 0.5) is 0 Å². The summed E-state index contributed by atoms with van der Waals surface area (Å²) >= 11 is 0. The molecule has 0 saturated carbocycles. The highest BCUT2D eigenvalue weighted by Gasteiger charge is 2.10. The summed E-state index contributed by atoms with van der Waals surface area (Å²) in [5, 5.41) is 10.1. The first kappa shape index (κ1) is 14.6. The quantitative estimate of drug-likeness (QED) is 0.835. The van der Waals surface area contributed by atoms with Crippen molar-refractivity contribution in [3.05, 3.63) is 35.5 Å². The molecule has 3 heteroatoms. The average molecular weight is 273 g/mol. The van der Waals surface area contributed by atoms with Crippen molar-refractivity contribution < 1.29 is 9.90 Å². The third kappa shape index (κ3) is 3.62. The molecular formula is C17H23NO2. The van der Waals surface area contributed by atoms with Crippen LogP contribution < -0.4 is 0 Å². The Kier molecular flexibility index (Phi) is 4.48. The van der Waals surface area contributed by atoms with E-state index in [4.69, 9.17) is 5.11 Å². The molecule has 1 heterocycles. The van der Waals surface area contributed by atoms with Crippen LogP contribution in [-0.2, 0) is 17.6 Å². The molecule has 1 unspecified atom stereocenters. The van der Waals surface area contributed by atoms with E-state index in [0.29, 0.717) is 5.92 Å². The zero-order valence-corrected chi connectivity index (χ0v) is 12.4. The first-order valence-corrected chi connectivity index (χ1v) is 7.26. The fourth-order valence-electron chi connectivity index (χ4n) is 2.74. The molecule has 0 aliphatic carbocycles. The van der Waals surface area contributed by atoms with Gasteiger partial charge >= 0.3 is 5.97 Å². The van der Waals surface area contributed by atoms with Crippen LogP contribution in [0, 0.1) is 11.8 Å². The summed E-state index contributed by atoms with van der Waals surface area (Å²) in [6, 6.07) is 6.43. The van der Waals surface area contributed by atoms with Gasteiger partial charge < -0.3 is 10.1 Å². The van der Waals surface area contributed by atoms with Crippen molar-refractivity contribution >= 4 is 16.9 Å². The second kappa shape index (κ2) is 6.12. The topological polar surface area (TPSA) is 53.1 Å². The van der Waals surface area contributed by atoms with Crippen LogP contribution in [0.5, 0.6) is 0 Å². The molecule has 1 atom stereocenters. The first-order chi connectivity index (χ1) is 9.45. The Bertz CT molecular complexity index is 598. The molecule has 1 aromatic carbocycles. The van der Waals surface area contributed by atoms with Crippen molar-refractivity contribution in [3.63, 3.8) is 0 Å². The van der Waals surface area contributed by atoms with Gasteiger partial charge in [0, 0.05) is 23.5 Å². The molecule has 0 amide bonds. The second-order valence-corrected chi connectivity index (χ2v) is 6.20. The summed E-state index contributed by atoms with van der Waals surface area (Å²) < 4.78 is 0.